The highest BCUT2D eigenvalue weighted by molar-refractivity contribution is 5.52. The van der Waals surface area contributed by atoms with Gasteiger partial charge in [-0.1, -0.05) is 19.9 Å². The summed E-state index contributed by atoms with van der Waals surface area (Å²) in [5.41, 5.74) is 2.51. The minimum Gasteiger partial charge on any atom is -0.490 e. The Morgan fingerprint density at radius 2 is 2.00 bits per heavy atom. The molecule has 0 saturated heterocycles. The van der Waals surface area contributed by atoms with E-state index in [2.05, 4.69) is 19.9 Å². The molecule has 0 amide bonds. The number of aryl methyl sites for hydroxylation is 1. The first-order valence-electron chi connectivity index (χ1n) is 6.76. The molecule has 0 fully saturated rings. The lowest BCUT2D eigenvalue weighted by Gasteiger charge is -2.19. The third-order valence-corrected chi connectivity index (χ3v) is 3.22. The number of hydrogen-bond donors (Lipinski definition) is 1. The van der Waals surface area contributed by atoms with Gasteiger partial charge in [-0.05, 0) is 30.4 Å². The van der Waals surface area contributed by atoms with E-state index < -0.39 is 0 Å². The van der Waals surface area contributed by atoms with Gasteiger partial charge in [0.2, 0.25) is 0 Å². The molecule has 1 aromatic carbocycles. The number of aliphatic hydroxyl groups excluding tert-OH is 1. The van der Waals surface area contributed by atoms with Crippen molar-refractivity contribution in [3.05, 3.63) is 23.3 Å². The lowest BCUT2D eigenvalue weighted by molar-refractivity contribution is 0.287. The lowest BCUT2D eigenvalue weighted by atomic mass is 9.93. The second kappa shape index (κ2) is 6.10. The molecule has 0 radical (unpaired) electrons. The van der Waals surface area contributed by atoms with E-state index >= 15 is 0 Å². The second-order valence-corrected chi connectivity index (χ2v) is 5.00. The van der Waals surface area contributed by atoms with Gasteiger partial charge in [0.25, 0.3) is 0 Å². The molecule has 1 aromatic rings. The van der Waals surface area contributed by atoms with Crippen molar-refractivity contribution in [3.8, 4) is 11.5 Å². The molecule has 1 heterocycles. The van der Waals surface area contributed by atoms with Crippen LogP contribution >= 0.6 is 0 Å². The number of benzene rings is 1. The van der Waals surface area contributed by atoms with Gasteiger partial charge in [0.15, 0.2) is 11.5 Å². The Bertz CT molecular complexity index is 399. The molecule has 0 bridgehead atoms. The maximum Gasteiger partial charge on any atom is 0.164 e. The number of fused-ring (bicyclic) bond motifs is 1. The first-order chi connectivity index (χ1) is 8.74. The molecule has 0 unspecified atom stereocenters. The van der Waals surface area contributed by atoms with Crippen LogP contribution in [0.2, 0.25) is 0 Å². The van der Waals surface area contributed by atoms with Crippen molar-refractivity contribution < 1.29 is 14.6 Å². The van der Waals surface area contributed by atoms with Crippen LogP contribution in [0.15, 0.2) is 12.1 Å². The zero-order valence-corrected chi connectivity index (χ0v) is 11.2. The summed E-state index contributed by atoms with van der Waals surface area (Å²) in [5.74, 6) is 2.18. The van der Waals surface area contributed by atoms with Crippen LogP contribution in [0, 0.1) is 0 Å². The van der Waals surface area contributed by atoms with E-state index in [-0.39, 0.29) is 6.61 Å². The Labute approximate surface area is 109 Å². The lowest BCUT2D eigenvalue weighted by Crippen LogP contribution is -2.04. The maximum atomic E-state index is 8.98. The molecule has 2 rings (SSSR count). The van der Waals surface area contributed by atoms with Crippen LogP contribution in [0.3, 0.4) is 0 Å². The molecule has 3 nitrogen and oxygen atoms in total. The van der Waals surface area contributed by atoms with Crippen LogP contribution in [0.4, 0.5) is 0 Å². The van der Waals surface area contributed by atoms with E-state index in [1.54, 1.807) is 0 Å². The topological polar surface area (TPSA) is 38.7 Å². The van der Waals surface area contributed by atoms with Crippen molar-refractivity contribution in [1.29, 1.82) is 0 Å². The molecular weight excluding hydrogens is 228 g/mol. The highest BCUT2D eigenvalue weighted by Gasteiger charge is 2.20. The highest BCUT2D eigenvalue weighted by atomic mass is 16.5. The Kier molecular flexibility index (Phi) is 4.48. The zero-order valence-electron chi connectivity index (χ0n) is 11.2. The molecule has 1 aliphatic rings. The molecule has 0 atom stereocenters. The Hall–Kier alpha value is -1.22. The zero-order chi connectivity index (χ0) is 13.0. The fourth-order valence-electron chi connectivity index (χ4n) is 2.42. The minimum absolute atomic E-state index is 0.228. The molecule has 18 heavy (non-hydrogen) atoms. The third-order valence-electron chi connectivity index (χ3n) is 3.22. The summed E-state index contributed by atoms with van der Waals surface area (Å²) in [6.07, 6.45) is 2.61. The monoisotopic (exact) mass is 250 g/mol. The fourth-order valence-corrected chi connectivity index (χ4v) is 2.42. The minimum atomic E-state index is 0.228. The van der Waals surface area contributed by atoms with Crippen molar-refractivity contribution in [3.63, 3.8) is 0 Å². The molecule has 3 heteroatoms. The average molecular weight is 250 g/mol. The standard InChI is InChI=1S/C15H22O3/c1-11(2)14-12(5-3-8-16)6-7-13-15(14)18-10-4-9-17-13/h6-7,11,16H,3-5,8-10H2,1-2H3. The average Bonchev–Trinajstić information content (AvgIpc) is 2.60. The first kappa shape index (κ1) is 13.2. The van der Waals surface area contributed by atoms with Gasteiger partial charge in [-0.2, -0.15) is 0 Å². The summed E-state index contributed by atoms with van der Waals surface area (Å²) in [4.78, 5) is 0. The van der Waals surface area contributed by atoms with Crippen LogP contribution in [0.1, 0.15) is 43.7 Å². The van der Waals surface area contributed by atoms with Gasteiger partial charge < -0.3 is 14.6 Å². The summed E-state index contributed by atoms with van der Waals surface area (Å²) in [6, 6.07) is 4.11. The first-order valence-corrected chi connectivity index (χ1v) is 6.76. The van der Waals surface area contributed by atoms with Crippen molar-refractivity contribution in [2.24, 2.45) is 0 Å². The number of aliphatic hydroxyl groups is 1. The Morgan fingerprint density at radius 3 is 2.72 bits per heavy atom. The van der Waals surface area contributed by atoms with Crippen molar-refractivity contribution in [2.75, 3.05) is 19.8 Å². The van der Waals surface area contributed by atoms with Crippen LogP contribution in [0.5, 0.6) is 11.5 Å². The van der Waals surface area contributed by atoms with Gasteiger partial charge in [0.05, 0.1) is 13.2 Å². The van der Waals surface area contributed by atoms with Gasteiger partial charge in [-0.25, -0.2) is 0 Å². The van der Waals surface area contributed by atoms with Gasteiger partial charge in [-0.15, -0.1) is 0 Å². The second-order valence-electron chi connectivity index (χ2n) is 5.00. The number of hydrogen-bond acceptors (Lipinski definition) is 3. The fraction of sp³-hybridized carbons (Fsp3) is 0.600. The van der Waals surface area contributed by atoms with E-state index in [1.807, 2.05) is 6.07 Å². The Balaban J connectivity index is 2.39. The molecule has 0 spiro atoms. The summed E-state index contributed by atoms with van der Waals surface area (Å²) in [7, 11) is 0. The Morgan fingerprint density at radius 1 is 1.22 bits per heavy atom. The van der Waals surface area contributed by atoms with E-state index in [0.29, 0.717) is 5.92 Å². The molecule has 0 aliphatic carbocycles. The number of rotatable bonds is 4. The van der Waals surface area contributed by atoms with E-state index in [4.69, 9.17) is 14.6 Å². The van der Waals surface area contributed by atoms with Crippen LogP contribution in [0.25, 0.3) is 0 Å². The number of ether oxygens (including phenoxy) is 2. The largest absolute Gasteiger partial charge is 0.490 e. The van der Waals surface area contributed by atoms with E-state index in [1.165, 1.54) is 11.1 Å². The summed E-state index contributed by atoms with van der Waals surface area (Å²) >= 11 is 0. The van der Waals surface area contributed by atoms with Crippen molar-refractivity contribution in [2.45, 2.75) is 39.0 Å². The predicted molar refractivity (Wildman–Crippen MR) is 71.5 cm³/mol. The molecular formula is C15H22O3. The molecule has 1 N–H and O–H groups in total. The van der Waals surface area contributed by atoms with Crippen LogP contribution < -0.4 is 9.47 Å². The van der Waals surface area contributed by atoms with Crippen LogP contribution in [-0.2, 0) is 6.42 Å². The molecule has 100 valence electrons. The van der Waals surface area contributed by atoms with Crippen molar-refractivity contribution in [1.82, 2.24) is 0 Å². The third kappa shape index (κ3) is 2.78. The van der Waals surface area contributed by atoms with Crippen molar-refractivity contribution >= 4 is 0 Å². The summed E-state index contributed by atoms with van der Waals surface area (Å²) < 4.78 is 11.6. The van der Waals surface area contributed by atoms with Gasteiger partial charge in [0, 0.05) is 18.6 Å². The van der Waals surface area contributed by atoms with Gasteiger partial charge >= 0.3 is 0 Å². The SMILES string of the molecule is CC(C)c1c(CCCO)ccc2c1OCCCO2. The predicted octanol–water partition coefficient (Wildman–Crippen LogP) is 2.90. The molecule has 0 aromatic heterocycles. The summed E-state index contributed by atoms with van der Waals surface area (Å²) in [6.45, 7) is 6.02. The normalized spacial score (nSPS) is 14.7. The quantitative estimate of drug-likeness (QED) is 0.893. The highest BCUT2D eigenvalue weighted by Crippen LogP contribution is 2.39. The molecule has 1 aliphatic heterocycles. The maximum absolute atomic E-state index is 8.98. The van der Waals surface area contributed by atoms with Gasteiger partial charge in [0.1, 0.15) is 0 Å². The van der Waals surface area contributed by atoms with E-state index in [9.17, 15) is 0 Å². The van der Waals surface area contributed by atoms with E-state index in [0.717, 1.165) is 44.0 Å². The smallest absolute Gasteiger partial charge is 0.164 e. The summed E-state index contributed by atoms with van der Waals surface area (Å²) in [5, 5.41) is 8.98. The molecule has 0 saturated carbocycles. The van der Waals surface area contributed by atoms with Crippen LogP contribution in [-0.4, -0.2) is 24.9 Å². The van der Waals surface area contributed by atoms with Gasteiger partial charge in [-0.3, -0.25) is 0 Å².